The van der Waals surface area contributed by atoms with Gasteiger partial charge in [-0.15, -0.1) is 11.3 Å². The summed E-state index contributed by atoms with van der Waals surface area (Å²) < 4.78 is 69.2. The van der Waals surface area contributed by atoms with Crippen LogP contribution in [0.15, 0.2) is 65.6 Å². The minimum Gasteiger partial charge on any atom is -0.366 e. The molecule has 4 nitrogen and oxygen atoms in total. The highest BCUT2D eigenvalue weighted by Crippen LogP contribution is 2.41. The topological polar surface area (TPSA) is 57.6 Å². The summed E-state index contributed by atoms with van der Waals surface area (Å²) in [6, 6.07) is 12.9. The maximum Gasteiger partial charge on any atom is 0.433 e. The van der Waals surface area contributed by atoms with E-state index in [4.69, 9.17) is 23.2 Å². The molecular weight excluding hydrogens is 530 g/mol. The van der Waals surface area contributed by atoms with E-state index in [1.54, 1.807) is 32.0 Å². The highest BCUT2D eigenvalue weighted by atomic mass is 35.5. The van der Waals surface area contributed by atoms with E-state index >= 15 is 0 Å². The van der Waals surface area contributed by atoms with Gasteiger partial charge < -0.3 is 5.11 Å². The first-order valence-corrected chi connectivity index (χ1v) is 12.8. The number of halogens is 5. The number of hydrogen-bond acceptors (Lipinski definition) is 4. The van der Waals surface area contributed by atoms with Crippen molar-refractivity contribution >= 4 is 50.2 Å². The lowest BCUT2D eigenvalue weighted by Crippen LogP contribution is -2.41. The van der Waals surface area contributed by atoms with Gasteiger partial charge in [0, 0.05) is 17.2 Å². The van der Waals surface area contributed by atoms with Crippen LogP contribution in [-0.4, -0.2) is 25.7 Å². The van der Waals surface area contributed by atoms with Crippen molar-refractivity contribution in [3.05, 3.63) is 80.5 Å². The van der Waals surface area contributed by atoms with Crippen LogP contribution in [-0.2, 0) is 15.6 Å². The monoisotopic (exact) mass is 547 g/mol. The fourth-order valence-electron chi connectivity index (χ4n) is 3.16. The van der Waals surface area contributed by atoms with Crippen LogP contribution in [0.3, 0.4) is 0 Å². The second-order valence-corrected chi connectivity index (χ2v) is 11.5. The number of anilines is 1. The number of hydrogen-bond donors (Lipinski definition) is 1. The molecule has 3 aromatic rings. The minimum atomic E-state index is -5.11. The lowest BCUT2D eigenvalue weighted by molar-refractivity contribution is -0.240. The Morgan fingerprint density at radius 2 is 1.62 bits per heavy atom. The summed E-state index contributed by atoms with van der Waals surface area (Å²) in [5, 5.41) is 10.5. The molecule has 0 saturated carbocycles. The summed E-state index contributed by atoms with van der Waals surface area (Å²) in [5.74, 6) is 4.27. The van der Waals surface area contributed by atoms with Crippen LogP contribution in [0.1, 0.15) is 25.0 Å². The molecule has 0 spiro atoms. The van der Waals surface area contributed by atoms with Gasteiger partial charge in [-0.1, -0.05) is 59.5 Å². The summed E-state index contributed by atoms with van der Waals surface area (Å²) in [6.45, 7) is 3.20. The molecule has 0 aliphatic rings. The zero-order valence-corrected chi connectivity index (χ0v) is 20.9. The van der Waals surface area contributed by atoms with E-state index < -0.39 is 33.4 Å². The summed E-state index contributed by atoms with van der Waals surface area (Å²) in [7, 11) is -4.17. The number of sulfonamides is 1. The summed E-state index contributed by atoms with van der Waals surface area (Å²) >= 11 is 12.8. The van der Waals surface area contributed by atoms with E-state index in [-0.39, 0.29) is 19.3 Å². The highest BCUT2D eigenvalue weighted by Gasteiger charge is 2.54. The Labute approximate surface area is 209 Å². The molecule has 11 heteroatoms. The van der Waals surface area contributed by atoms with Crippen molar-refractivity contribution in [2.24, 2.45) is 0 Å². The van der Waals surface area contributed by atoms with Crippen LogP contribution in [0.2, 0.25) is 8.67 Å². The van der Waals surface area contributed by atoms with Crippen molar-refractivity contribution in [3.63, 3.8) is 0 Å². The molecule has 0 radical (unpaired) electrons. The van der Waals surface area contributed by atoms with Crippen LogP contribution in [0.4, 0.5) is 18.9 Å². The molecule has 0 bridgehead atoms. The Bertz CT molecular complexity index is 1330. The Balaban J connectivity index is 2.05. The average molecular weight is 548 g/mol. The minimum absolute atomic E-state index is 0.0325. The zero-order chi connectivity index (χ0) is 25.3. The average Bonchev–Trinajstić information content (AvgIpc) is 3.11. The first kappa shape index (κ1) is 26.4. The number of thiophene rings is 1. The van der Waals surface area contributed by atoms with E-state index in [1.807, 2.05) is 5.92 Å². The van der Waals surface area contributed by atoms with Gasteiger partial charge in [-0.05, 0) is 50.1 Å². The lowest BCUT2D eigenvalue weighted by Gasteiger charge is -2.29. The van der Waals surface area contributed by atoms with Gasteiger partial charge in [-0.2, -0.15) is 13.2 Å². The smallest absolute Gasteiger partial charge is 0.366 e. The van der Waals surface area contributed by atoms with Crippen molar-refractivity contribution in [2.75, 3.05) is 4.31 Å². The van der Waals surface area contributed by atoms with Gasteiger partial charge in [0.2, 0.25) is 5.60 Å². The second-order valence-electron chi connectivity index (χ2n) is 7.45. The molecule has 1 N–H and O–H groups in total. The molecule has 34 heavy (non-hydrogen) atoms. The zero-order valence-electron chi connectivity index (χ0n) is 17.8. The van der Waals surface area contributed by atoms with E-state index in [0.29, 0.717) is 5.56 Å². The third kappa shape index (κ3) is 5.21. The van der Waals surface area contributed by atoms with E-state index in [0.717, 1.165) is 27.8 Å². The van der Waals surface area contributed by atoms with Gasteiger partial charge in [0.25, 0.3) is 10.0 Å². The Morgan fingerprint density at radius 1 is 1.03 bits per heavy atom. The second kappa shape index (κ2) is 9.80. The number of rotatable bonds is 5. The molecule has 2 aromatic carbocycles. The Kier molecular flexibility index (Phi) is 7.60. The third-order valence-corrected chi connectivity index (χ3v) is 8.50. The number of benzene rings is 2. The molecule has 1 heterocycles. The van der Waals surface area contributed by atoms with Crippen LogP contribution < -0.4 is 4.31 Å². The Morgan fingerprint density at radius 3 is 2.09 bits per heavy atom. The predicted molar refractivity (Wildman–Crippen MR) is 129 cm³/mol. The fraction of sp³-hybridized carbons (Fsp3) is 0.217. The normalized spacial score (nSPS) is 13.8. The van der Waals surface area contributed by atoms with Gasteiger partial charge in [0.1, 0.15) is 9.23 Å². The third-order valence-electron chi connectivity index (χ3n) is 4.74. The molecule has 0 amide bonds. The SMILES string of the molecule is CC(C)N(c1ccc(C(O)(C#Cc2ccccc2)C(F)(F)F)cc1)S(=O)(=O)c1cc(Cl)sc1Cl. The molecule has 180 valence electrons. The molecule has 3 rings (SSSR count). The lowest BCUT2D eigenvalue weighted by atomic mass is 9.93. The van der Waals surface area contributed by atoms with Crippen molar-refractivity contribution in [1.82, 2.24) is 0 Å². The van der Waals surface area contributed by atoms with E-state index in [2.05, 4.69) is 5.92 Å². The predicted octanol–water partition coefficient (Wildman–Crippen LogP) is 6.46. The quantitative estimate of drug-likeness (QED) is 0.373. The van der Waals surface area contributed by atoms with Crippen LogP contribution in [0.5, 0.6) is 0 Å². The number of aliphatic hydroxyl groups is 1. The van der Waals surface area contributed by atoms with E-state index in [1.165, 1.54) is 30.3 Å². The van der Waals surface area contributed by atoms with Gasteiger partial charge in [0.05, 0.1) is 10.0 Å². The summed E-state index contributed by atoms with van der Waals surface area (Å²) in [5.41, 5.74) is -3.64. The summed E-state index contributed by atoms with van der Waals surface area (Å²) in [6.07, 6.45) is -5.11. The van der Waals surface area contributed by atoms with Crippen molar-refractivity contribution in [3.8, 4) is 11.8 Å². The maximum atomic E-state index is 13.9. The maximum absolute atomic E-state index is 13.9. The van der Waals surface area contributed by atoms with Gasteiger partial charge in [-0.3, -0.25) is 4.31 Å². The molecule has 1 aromatic heterocycles. The van der Waals surface area contributed by atoms with Crippen LogP contribution >= 0.6 is 34.5 Å². The highest BCUT2D eigenvalue weighted by molar-refractivity contribution is 7.93. The van der Waals surface area contributed by atoms with E-state index in [9.17, 15) is 26.7 Å². The molecule has 0 aliphatic carbocycles. The van der Waals surface area contributed by atoms with Gasteiger partial charge >= 0.3 is 6.18 Å². The summed E-state index contributed by atoms with van der Waals surface area (Å²) in [4.78, 5) is -0.206. The first-order valence-electron chi connectivity index (χ1n) is 9.74. The number of nitrogens with zero attached hydrogens (tertiary/aromatic N) is 1. The number of alkyl halides is 3. The van der Waals surface area contributed by atoms with Crippen LogP contribution in [0.25, 0.3) is 0 Å². The van der Waals surface area contributed by atoms with Gasteiger partial charge in [-0.25, -0.2) is 8.42 Å². The van der Waals surface area contributed by atoms with Crippen LogP contribution in [0, 0.1) is 11.8 Å². The molecular formula is C23H18Cl2F3NO3S2. The molecule has 1 atom stereocenters. The first-order chi connectivity index (χ1) is 15.8. The molecule has 0 saturated heterocycles. The van der Waals surface area contributed by atoms with Crippen molar-refractivity contribution in [1.29, 1.82) is 0 Å². The van der Waals surface area contributed by atoms with Crippen molar-refractivity contribution < 1.29 is 26.7 Å². The molecule has 0 aliphatic heterocycles. The molecule has 1 unspecified atom stereocenters. The van der Waals surface area contributed by atoms with Gasteiger partial charge in [0.15, 0.2) is 0 Å². The fourth-order valence-corrected chi connectivity index (χ4v) is 6.94. The molecule has 0 fully saturated rings. The largest absolute Gasteiger partial charge is 0.433 e. The standard InChI is InChI=1S/C23H18Cl2F3NO3S2/c1-15(2)29(34(31,32)19-14-20(24)33-21(19)25)18-10-8-17(9-11-18)22(30,23(26,27)28)13-12-16-6-4-3-5-7-16/h3-11,14-15,30H,1-2H3. The Hall–Kier alpha value is -2.22. The van der Waals surface area contributed by atoms with Crippen molar-refractivity contribution in [2.45, 2.75) is 36.6 Å².